The summed E-state index contributed by atoms with van der Waals surface area (Å²) < 4.78 is 1.62. The number of rotatable bonds is 5. The summed E-state index contributed by atoms with van der Waals surface area (Å²) in [6.45, 7) is 0.499. The van der Waals surface area contributed by atoms with E-state index in [9.17, 15) is 14.4 Å². The van der Waals surface area contributed by atoms with E-state index in [1.54, 1.807) is 41.0 Å². The number of carbonyl (C=O) groups excluding carboxylic acids is 1. The zero-order valence-corrected chi connectivity index (χ0v) is 17.7. The molecule has 0 aliphatic carbocycles. The Morgan fingerprint density at radius 2 is 1.90 bits per heavy atom. The second-order valence-electron chi connectivity index (χ2n) is 7.12. The fourth-order valence-corrected chi connectivity index (χ4v) is 4.01. The lowest BCUT2D eigenvalue weighted by atomic mass is 10.1. The number of allylic oxidation sites excluding steroid dienone is 1. The summed E-state index contributed by atoms with van der Waals surface area (Å²) in [7, 11) is 0. The largest absolute Gasteiger partial charge is 0.481 e. The number of aliphatic carboxylic acids is 1. The lowest BCUT2D eigenvalue weighted by Gasteiger charge is -2.09. The van der Waals surface area contributed by atoms with Gasteiger partial charge >= 0.3 is 5.97 Å². The first kappa shape index (κ1) is 21.1. The van der Waals surface area contributed by atoms with E-state index in [2.05, 4.69) is 10.3 Å². The summed E-state index contributed by atoms with van der Waals surface area (Å²) in [4.78, 5) is 40.2. The summed E-state index contributed by atoms with van der Waals surface area (Å²) in [5, 5.41) is 12.8. The molecule has 2 aromatic carbocycles. The number of aromatic nitrogens is 2. The van der Waals surface area contributed by atoms with Gasteiger partial charge in [0.05, 0.1) is 17.3 Å². The van der Waals surface area contributed by atoms with Gasteiger partial charge in [0.2, 0.25) is 5.91 Å². The number of carbonyl (C=O) groups is 2. The van der Waals surface area contributed by atoms with E-state index in [0.717, 1.165) is 5.57 Å². The number of carboxylic acids is 1. The third kappa shape index (κ3) is 4.33. The summed E-state index contributed by atoms with van der Waals surface area (Å²) in [6, 6.07) is 10.1. The molecule has 0 bridgehead atoms. The van der Waals surface area contributed by atoms with Gasteiger partial charge in [0.25, 0.3) is 5.56 Å². The maximum atomic E-state index is 13.0. The number of halogens is 2. The fraction of sp³-hybridized carbons (Fsp3) is 0.182. The molecule has 0 saturated carbocycles. The molecular formula is C22H17Cl2N3O4. The van der Waals surface area contributed by atoms with Crippen LogP contribution in [0.15, 0.2) is 41.2 Å². The minimum atomic E-state index is -1.04. The highest BCUT2D eigenvalue weighted by Gasteiger charge is 2.22. The van der Waals surface area contributed by atoms with Gasteiger partial charge in [-0.25, -0.2) is 4.98 Å². The van der Waals surface area contributed by atoms with E-state index in [1.807, 2.05) is 6.08 Å². The van der Waals surface area contributed by atoms with Gasteiger partial charge < -0.3 is 10.4 Å². The monoisotopic (exact) mass is 457 g/mol. The first-order valence-corrected chi connectivity index (χ1v) is 10.3. The molecule has 1 aliphatic heterocycles. The number of benzene rings is 2. The topological polar surface area (TPSA) is 101 Å². The molecule has 1 aromatic heterocycles. The zero-order chi connectivity index (χ0) is 22.1. The first-order valence-electron chi connectivity index (χ1n) is 9.54. The van der Waals surface area contributed by atoms with Gasteiger partial charge in [-0.3, -0.25) is 19.0 Å². The average molecular weight is 458 g/mol. The molecule has 0 radical (unpaired) electrons. The number of hydrogen-bond donors (Lipinski definition) is 2. The number of carboxylic acid groups (broad SMARTS) is 1. The molecule has 0 spiro atoms. The quantitative estimate of drug-likeness (QED) is 0.588. The highest BCUT2D eigenvalue weighted by Crippen LogP contribution is 2.33. The molecule has 9 heteroatoms. The van der Waals surface area contributed by atoms with Crippen molar-refractivity contribution in [2.75, 3.05) is 5.32 Å². The Labute approximate surface area is 186 Å². The number of nitrogens with one attached hydrogen (secondary N) is 1. The predicted molar refractivity (Wildman–Crippen MR) is 120 cm³/mol. The van der Waals surface area contributed by atoms with Crippen LogP contribution in [0.4, 0.5) is 5.69 Å². The van der Waals surface area contributed by atoms with Crippen LogP contribution in [0.1, 0.15) is 30.7 Å². The number of amides is 1. The Kier molecular flexibility index (Phi) is 5.80. The summed E-state index contributed by atoms with van der Waals surface area (Å²) in [6.07, 6.45) is 2.06. The van der Waals surface area contributed by atoms with Gasteiger partial charge in [-0.1, -0.05) is 29.3 Å². The van der Waals surface area contributed by atoms with Crippen LogP contribution >= 0.6 is 23.2 Å². The van der Waals surface area contributed by atoms with Crippen LogP contribution in [0.2, 0.25) is 10.0 Å². The van der Waals surface area contributed by atoms with Crippen molar-refractivity contribution in [3.8, 4) is 0 Å². The maximum absolute atomic E-state index is 13.0. The average Bonchev–Trinajstić information content (AvgIpc) is 3.12. The number of nitrogens with zero attached hydrogens (tertiary/aromatic N) is 2. The van der Waals surface area contributed by atoms with Crippen LogP contribution in [0.3, 0.4) is 0 Å². The van der Waals surface area contributed by atoms with Crippen molar-refractivity contribution >= 4 is 63.3 Å². The van der Waals surface area contributed by atoms with E-state index < -0.39 is 11.9 Å². The third-order valence-electron chi connectivity index (χ3n) is 5.02. The molecule has 158 valence electrons. The van der Waals surface area contributed by atoms with E-state index in [1.165, 1.54) is 0 Å². The standard InChI is InChI=1S/C22H17Cl2N3O4/c23-16-2-1-3-17(24)15(16)10-12-8-9-27-21(12)26-18-11-13(4-5-14(18)22(27)31)25-19(28)6-7-20(29)30/h1-5,10-11H,6-9H2,(H,25,28)(H,29,30). The third-order valence-corrected chi connectivity index (χ3v) is 5.67. The van der Waals surface area contributed by atoms with Gasteiger partial charge in [-0.2, -0.15) is 0 Å². The molecule has 2 heterocycles. The molecule has 31 heavy (non-hydrogen) atoms. The Morgan fingerprint density at radius 1 is 1.16 bits per heavy atom. The van der Waals surface area contributed by atoms with Crippen LogP contribution in [0, 0.1) is 0 Å². The van der Waals surface area contributed by atoms with E-state index in [0.29, 0.717) is 51.0 Å². The number of hydrogen-bond acceptors (Lipinski definition) is 4. The second kappa shape index (κ2) is 8.53. The molecule has 1 aliphatic rings. The molecule has 0 unspecified atom stereocenters. The summed E-state index contributed by atoms with van der Waals surface area (Å²) in [5.41, 5.74) is 2.22. The first-order chi connectivity index (χ1) is 14.8. The van der Waals surface area contributed by atoms with Gasteiger partial charge in [0, 0.05) is 34.3 Å². The van der Waals surface area contributed by atoms with Gasteiger partial charge in [-0.15, -0.1) is 0 Å². The van der Waals surface area contributed by atoms with Crippen molar-refractivity contribution < 1.29 is 14.7 Å². The van der Waals surface area contributed by atoms with Crippen LogP contribution in [0.5, 0.6) is 0 Å². The Balaban J connectivity index is 1.72. The van der Waals surface area contributed by atoms with Crippen molar-refractivity contribution in [1.82, 2.24) is 9.55 Å². The molecule has 0 saturated heterocycles. The minimum Gasteiger partial charge on any atom is -0.481 e. The van der Waals surface area contributed by atoms with Crippen LogP contribution in [-0.4, -0.2) is 26.5 Å². The highest BCUT2D eigenvalue weighted by atomic mass is 35.5. The van der Waals surface area contributed by atoms with E-state index in [4.69, 9.17) is 28.3 Å². The Morgan fingerprint density at radius 3 is 2.61 bits per heavy atom. The minimum absolute atomic E-state index is 0.140. The number of anilines is 1. The molecular weight excluding hydrogens is 441 g/mol. The molecule has 7 nitrogen and oxygen atoms in total. The molecule has 4 rings (SSSR count). The maximum Gasteiger partial charge on any atom is 0.303 e. The Hall–Kier alpha value is -3.16. The molecule has 1 amide bonds. The predicted octanol–water partition coefficient (Wildman–Crippen LogP) is 4.45. The van der Waals surface area contributed by atoms with E-state index in [-0.39, 0.29) is 18.4 Å². The van der Waals surface area contributed by atoms with Gasteiger partial charge in [0.15, 0.2) is 0 Å². The summed E-state index contributed by atoms with van der Waals surface area (Å²) in [5.74, 6) is -0.937. The zero-order valence-electron chi connectivity index (χ0n) is 16.2. The highest BCUT2D eigenvalue weighted by molar-refractivity contribution is 6.37. The van der Waals surface area contributed by atoms with Crippen molar-refractivity contribution in [2.45, 2.75) is 25.8 Å². The molecule has 3 aromatic rings. The number of fused-ring (bicyclic) bond motifs is 2. The summed E-state index contributed by atoms with van der Waals surface area (Å²) >= 11 is 12.6. The Bertz CT molecular complexity index is 1290. The lowest BCUT2D eigenvalue weighted by Crippen LogP contribution is -2.21. The second-order valence-corrected chi connectivity index (χ2v) is 7.94. The van der Waals surface area contributed by atoms with E-state index >= 15 is 0 Å². The molecule has 0 atom stereocenters. The van der Waals surface area contributed by atoms with Gasteiger partial charge in [0.1, 0.15) is 5.82 Å². The van der Waals surface area contributed by atoms with Crippen LogP contribution in [-0.2, 0) is 16.1 Å². The lowest BCUT2D eigenvalue weighted by molar-refractivity contribution is -0.138. The normalized spacial score (nSPS) is 14.1. The SMILES string of the molecule is O=C(O)CCC(=O)Nc1ccc2c(=O)n3c(nc2c1)C(=Cc1c(Cl)cccc1Cl)CC3. The van der Waals surface area contributed by atoms with Crippen molar-refractivity contribution in [1.29, 1.82) is 0 Å². The van der Waals surface area contributed by atoms with Crippen LogP contribution < -0.4 is 10.9 Å². The van der Waals surface area contributed by atoms with Gasteiger partial charge in [-0.05, 0) is 48.4 Å². The van der Waals surface area contributed by atoms with Crippen LogP contribution in [0.25, 0.3) is 22.6 Å². The molecule has 0 fully saturated rings. The molecule has 2 N–H and O–H groups in total. The van der Waals surface area contributed by atoms with Crippen molar-refractivity contribution in [3.63, 3.8) is 0 Å². The fourth-order valence-electron chi connectivity index (χ4n) is 3.50. The van der Waals surface area contributed by atoms with Crippen molar-refractivity contribution in [3.05, 3.63) is 68.2 Å². The van der Waals surface area contributed by atoms with Crippen molar-refractivity contribution in [2.24, 2.45) is 0 Å². The smallest absolute Gasteiger partial charge is 0.303 e.